The van der Waals surface area contributed by atoms with Gasteiger partial charge < -0.3 is 15.2 Å². The average molecular weight is 296 g/mol. The summed E-state index contributed by atoms with van der Waals surface area (Å²) in [5.74, 6) is 0.324. The third kappa shape index (κ3) is 3.21. The Bertz CT molecular complexity index is 604. The van der Waals surface area contributed by atoms with Crippen LogP contribution in [0.2, 0.25) is 5.02 Å². The van der Waals surface area contributed by atoms with Gasteiger partial charge in [0.25, 0.3) is 0 Å². The molecular formula is C15H15ClFNO2. The summed E-state index contributed by atoms with van der Waals surface area (Å²) < 4.78 is 24.5. The van der Waals surface area contributed by atoms with E-state index in [9.17, 15) is 4.39 Å². The van der Waals surface area contributed by atoms with Crippen molar-refractivity contribution in [1.29, 1.82) is 0 Å². The molecule has 0 atom stereocenters. The van der Waals surface area contributed by atoms with Crippen LogP contribution in [0.3, 0.4) is 0 Å². The SMILES string of the molecule is COc1cccc(COc2cc(Cl)ccc2CN)c1F. The van der Waals surface area contributed by atoms with Crippen molar-refractivity contribution in [2.45, 2.75) is 13.2 Å². The molecule has 0 aliphatic carbocycles. The highest BCUT2D eigenvalue weighted by Gasteiger charge is 2.10. The molecule has 0 radical (unpaired) electrons. The molecule has 0 aliphatic rings. The molecule has 2 aromatic carbocycles. The molecule has 106 valence electrons. The molecule has 0 unspecified atom stereocenters. The van der Waals surface area contributed by atoms with Crippen LogP contribution in [0.4, 0.5) is 4.39 Å². The minimum atomic E-state index is -0.425. The molecule has 0 saturated heterocycles. The Kier molecular flexibility index (Phi) is 4.82. The standard InChI is InChI=1S/C15H15ClFNO2/c1-19-13-4-2-3-11(15(13)17)9-20-14-7-12(16)6-5-10(14)8-18/h2-7H,8-9,18H2,1H3. The van der Waals surface area contributed by atoms with E-state index in [-0.39, 0.29) is 12.4 Å². The Hall–Kier alpha value is -1.78. The quantitative estimate of drug-likeness (QED) is 0.918. The average Bonchev–Trinajstić information content (AvgIpc) is 2.46. The van der Waals surface area contributed by atoms with E-state index in [1.807, 2.05) is 0 Å². The van der Waals surface area contributed by atoms with Crippen molar-refractivity contribution in [3.63, 3.8) is 0 Å². The highest BCUT2D eigenvalue weighted by atomic mass is 35.5. The van der Waals surface area contributed by atoms with Gasteiger partial charge in [0.05, 0.1) is 7.11 Å². The second kappa shape index (κ2) is 6.59. The zero-order valence-corrected chi connectivity index (χ0v) is 11.8. The molecule has 2 N–H and O–H groups in total. The monoisotopic (exact) mass is 295 g/mol. The highest BCUT2D eigenvalue weighted by Crippen LogP contribution is 2.26. The molecule has 0 aliphatic heterocycles. The fourth-order valence-corrected chi connectivity index (χ4v) is 1.97. The van der Waals surface area contributed by atoms with Gasteiger partial charge in [-0.25, -0.2) is 4.39 Å². The first-order valence-electron chi connectivity index (χ1n) is 6.08. The van der Waals surface area contributed by atoms with Crippen LogP contribution in [0.15, 0.2) is 36.4 Å². The van der Waals surface area contributed by atoms with Gasteiger partial charge in [-0.3, -0.25) is 0 Å². The molecule has 0 heterocycles. The fourth-order valence-electron chi connectivity index (χ4n) is 1.81. The molecule has 0 spiro atoms. The summed E-state index contributed by atoms with van der Waals surface area (Å²) in [4.78, 5) is 0. The Labute approximate surface area is 122 Å². The maximum absolute atomic E-state index is 14.0. The number of methoxy groups -OCH3 is 1. The molecule has 0 aromatic heterocycles. The van der Waals surface area contributed by atoms with E-state index in [1.54, 1.807) is 36.4 Å². The Morgan fingerprint density at radius 2 is 1.95 bits per heavy atom. The molecule has 2 aromatic rings. The first-order chi connectivity index (χ1) is 9.65. The third-order valence-corrected chi connectivity index (χ3v) is 3.13. The summed E-state index contributed by atoms with van der Waals surface area (Å²) in [6.07, 6.45) is 0. The van der Waals surface area contributed by atoms with Gasteiger partial charge >= 0.3 is 0 Å². The van der Waals surface area contributed by atoms with Crippen LogP contribution in [-0.2, 0) is 13.2 Å². The second-order valence-electron chi connectivity index (χ2n) is 4.18. The third-order valence-electron chi connectivity index (χ3n) is 2.90. The molecule has 0 bridgehead atoms. The topological polar surface area (TPSA) is 44.5 Å². The van der Waals surface area contributed by atoms with E-state index in [0.717, 1.165) is 5.56 Å². The number of hydrogen-bond acceptors (Lipinski definition) is 3. The van der Waals surface area contributed by atoms with Crippen LogP contribution in [0.1, 0.15) is 11.1 Å². The minimum absolute atomic E-state index is 0.0797. The van der Waals surface area contributed by atoms with Gasteiger partial charge in [0, 0.05) is 22.7 Å². The largest absolute Gasteiger partial charge is 0.494 e. The summed E-state index contributed by atoms with van der Waals surface area (Å²) in [5.41, 5.74) is 6.85. The lowest BCUT2D eigenvalue weighted by Crippen LogP contribution is -2.04. The van der Waals surface area contributed by atoms with E-state index in [1.165, 1.54) is 7.11 Å². The molecule has 0 fully saturated rings. The first kappa shape index (κ1) is 14.6. The molecule has 20 heavy (non-hydrogen) atoms. The van der Waals surface area contributed by atoms with Crippen molar-refractivity contribution >= 4 is 11.6 Å². The van der Waals surface area contributed by atoms with Crippen LogP contribution in [-0.4, -0.2) is 7.11 Å². The Balaban J connectivity index is 2.19. The van der Waals surface area contributed by atoms with E-state index in [2.05, 4.69) is 0 Å². The summed E-state index contributed by atoms with van der Waals surface area (Å²) in [7, 11) is 1.42. The van der Waals surface area contributed by atoms with Gasteiger partial charge in [-0.15, -0.1) is 0 Å². The summed E-state index contributed by atoms with van der Waals surface area (Å²) in [6, 6.07) is 10.1. The van der Waals surface area contributed by atoms with Crippen molar-refractivity contribution < 1.29 is 13.9 Å². The molecule has 0 saturated carbocycles. The van der Waals surface area contributed by atoms with Crippen LogP contribution in [0, 0.1) is 5.82 Å². The number of benzene rings is 2. The summed E-state index contributed by atoms with van der Waals surface area (Å²) in [5, 5.41) is 0.545. The van der Waals surface area contributed by atoms with Gasteiger partial charge in [0.2, 0.25) is 0 Å². The summed E-state index contributed by atoms with van der Waals surface area (Å²) in [6.45, 7) is 0.406. The van der Waals surface area contributed by atoms with E-state index in [4.69, 9.17) is 26.8 Å². The molecule has 5 heteroatoms. The lowest BCUT2D eigenvalue weighted by atomic mass is 10.2. The van der Waals surface area contributed by atoms with Gasteiger partial charge in [-0.05, 0) is 18.2 Å². The van der Waals surface area contributed by atoms with Crippen molar-refractivity contribution in [1.82, 2.24) is 0 Å². The van der Waals surface area contributed by atoms with Gasteiger partial charge in [-0.1, -0.05) is 29.8 Å². The van der Waals surface area contributed by atoms with Crippen molar-refractivity contribution in [3.8, 4) is 11.5 Å². The van der Waals surface area contributed by atoms with Gasteiger partial charge in [-0.2, -0.15) is 0 Å². The molecular weight excluding hydrogens is 281 g/mol. The Morgan fingerprint density at radius 1 is 1.15 bits per heavy atom. The first-order valence-corrected chi connectivity index (χ1v) is 6.46. The minimum Gasteiger partial charge on any atom is -0.494 e. The van der Waals surface area contributed by atoms with Crippen LogP contribution >= 0.6 is 11.6 Å². The lowest BCUT2D eigenvalue weighted by Gasteiger charge is -2.12. The zero-order chi connectivity index (χ0) is 14.5. The van der Waals surface area contributed by atoms with Crippen molar-refractivity contribution in [2.75, 3.05) is 7.11 Å². The van der Waals surface area contributed by atoms with Gasteiger partial charge in [0.15, 0.2) is 11.6 Å². The molecule has 3 nitrogen and oxygen atoms in total. The number of halogens is 2. The van der Waals surface area contributed by atoms with Crippen LogP contribution in [0.5, 0.6) is 11.5 Å². The zero-order valence-electron chi connectivity index (χ0n) is 11.0. The van der Waals surface area contributed by atoms with E-state index < -0.39 is 5.82 Å². The van der Waals surface area contributed by atoms with E-state index in [0.29, 0.717) is 22.9 Å². The number of rotatable bonds is 5. The maximum atomic E-state index is 14.0. The number of nitrogens with two attached hydrogens (primary N) is 1. The van der Waals surface area contributed by atoms with Crippen LogP contribution < -0.4 is 15.2 Å². The number of hydrogen-bond donors (Lipinski definition) is 1. The highest BCUT2D eigenvalue weighted by molar-refractivity contribution is 6.30. The van der Waals surface area contributed by atoms with Crippen molar-refractivity contribution in [3.05, 3.63) is 58.4 Å². The molecule has 0 amide bonds. The lowest BCUT2D eigenvalue weighted by molar-refractivity contribution is 0.293. The normalized spacial score (nSPS) is 10.4. The smallest absolute Gasteiger partial charge is 0.171 e. The second-order valence-corrected chi connectivity index (χ2v) is 4.61. The van der Waals surface area contributed by atoms with E-state index >= 15 is 0 Å². The predicted octanol–water partition coefficient (Wildman–Crippen LogP) is 3.53. The Morgan fingerprint density at radius 3 is 2.65 bits per heavy atom. The van der Waals surface area contributed by atoms with Crippen LogP contribution in [0.25, 0.3) is 0 Å². The van der Waals surface area contributed by atoms with Gasteiger partial charge in [0.1, 0.15) is 12.4 Å². The fraction of sp³-hybridized carbons (Fsp3) is 0.200. The maximum Gasteiger partial charge on any atom is 0.171 e. The molecule has 2 rings (SSSR count). The number of ether oxygens (including phenoxy) is 2. The van der Waals surface area contributed by atoms with Crippen molar-refractivity contribution in [2.24, 2.45) is 5.73 Å². The predicted molar refractivity (Wildman–Crippen MR) is 76.6 cm³/mol. The summed E-state index contributed by atoms with van der Waals surface area (Å²) >= 11 is 5.92.